The molecule has 0 saturated heterocycles. The molecule has 2 amide bonds. The maximum absolute atomic E-state index is 12.6. The zero-order valence-corrected chi connectivity index (χ0v) is 45.1. The standard InChI is InChI=1S/C33H44N2O4.C26H38N2O4/c1-23-31(39-22-24-12-9-8-10-13-24)28(36)15-18-35(23)19-16-29(37)34-17-11-14-25-20-26(32(2,3)4)30(38)27(21-25)33(5,6)7;1-17-23(31)21(29)10-13-28(17)14-11-22(30)27-12-8-9-18-15-19(25(2,3)4)24(32)20(16-18)26(5,6)7/h8-10,12-13,15,18,20-21,38H,11,14,16-17,19,22H2,1-7H3,(H,34,37);10,13,15-16,31-32H,8-9,11-12,14H2,1-7H3,(H,27,30). The van der Waals surface area contributed by atoms with E-state index < -0.39 is 5.43 Å². The van der Waals surface area contributed by atoms with Crippen LogP contribution in [0.5, 0.6) is 23.0 Å². The lowest BCUT2D eigenvalue weighted by Crippen LogP contribution is -2.26. The molecule has 0 radical (unpaired) electrons. The minimum Gasteiger partial charge on any atom is -0.507 e. The summed E-state index contributed by atoms with van der Waals surface area (Å²) in [7, 11) is 0. The van der Waals surface area contributed by atoms with Crippen LogP contribution in [0, 0.1) is 13.8 Å². The molecule has 2 aromatic heterocycles. The SMILES string of the molecule is Cc1c(O)c(=O)ccn1CCC(=O)NCCCc1cc(C(C)(C)C)c(O)c(C(C)(C)C)c1.Cc1c(OCc2ccccc2)c(=O)ccn1CCC(=O)NCCCc1cc(C(C)(C)C)c(O)c(C(C)(C)C)c1. The number of carbonyl (C=O) groups excluding carboxylic acids is 2. The average molecular weight is 975 g/mol. The van der Waals surface area contributed by atoms with E-state index in [0.717, 1.165) is 59.1 Å². The van der Waals surface area contributed by atoms with Crippen LogP contribution in [0.2, 0.25) is 0 Å². The third kappa shape index (κ3) is 16.6. The van der Waals surface area contributed by atoms with E-state index in [1.807, 2.05) is 41.8 Å². The summed E-state index contributed by atoms with van der Waals surface area (Å²) in [5.41, 5.74) is 7.06. The van der Waals surface area contributed by atoms with Crippen LogP contribution in [0.1, 0.15) is 159 Å². The predicted molar refractivity (Wildman–Crippen MR) is 286 cm³/mol. The van der Waals surface area contributed by atoms with Gasteiger partial charge in [-0.25, -0.2) is 0 Å². The van der Waals surface area contributed by atoms with Crippen molar-refractivity contribution in [1.82, 2.24) is 19.8 Å². The van der Waals surface area contributed by atoms with Gasteiger partial charge in [0.05, 0.1) is 11.4 Å². The zero-order valence-electron chi connectivity index (χ0n) is 45.1. The number of hydrogen-bond donors (Lipinski definition) is 5. The van der Waals surface area contributed by atoms with Gasteiger partial charge in [-0.2, -0.15) is 0 Å². The van der Waals surface area contributed by atoms with E-state index in [1.165, 1.54) is 17.7 Å². The predicted octanol–water partition coefficient (Wildman–Crippen LogP) is 10.5. The summed E-state index contributed by atoms with van der Waals surface area (Å²) in [6.45, 7) is 31.1. The van der Waals surface area contributed by atoms with Crippen molar-refractivity contribution in [3.63, 3.8) is 0 Å². The summed E-state index contributed by atoms with van der Waals surface area (Å²) in [6, 6.07) is 20.9. The molecule has 12 heteroatoms. The first kappa shape index (κ1) is 57.3. The van der Waals surface area contributed by atoms with E-state index in [1.54, 1.807) is 23.9 Å². The number of nitrogens with one attached hydrogen (secondary N) is 2. The molecule has 0 aliphatic rings. The van der Waals surface area contributed by atoms with Gasteiger partial charge in [-0.15, -0.1) is 0 Å². The maximum atomic E-state index is 12.6. The first-order chi connectivity index (χ1) is 33.0. The van der Waals surface area contributed by atoms with Gasteiger partial charge in [0.2, 0.25) is 22.7 Å². The number of benzene rings is 3. The molecule has 5 aromatic rings. The van der Waals surface area contributed by atoms with Crippen molar-refractivity contribution in [2.45, 2.75) is 177 Å². The second-order valence-corrected chi connectivity index (χ2v) is 22.9. The van der Waals surface area contributed by atoms with Crippen LogP contribution in [0.3, 0.4) is 0 Å². The molecule has 0 aliphatic heterocycles. The number of phenolic OH excluding ortho intramolecular Hbond substituents is 2. The molecule has 0 fully saturated rings. The van der Waals surface area contributed by atoms with Gasteiger partial charge in [0.15, 0.2) is 11.5 Å². The number of aryl methyl sites for hydroxylation is 4. The van der Waals surface area contributed by atoms with E-state index in [9.17, 15) is 34.5 Å². The van der Waals surface area contributed by atoms with Crippen molar-refractivity contribution in [1.29, 1.82) is 0 Å². The molecule has 0 atom stereocenters. The van der Waals surface area contributed by atoms with Crippen molar-refractivity contribution in [3.8, 4) is 23.0 Å². The van der Waals surface area contributed by atoms with E-state index in [4.69, 9.17) is 4.74 Å². The van der Waals surface area contributed by atoms with Gasteiger partial charge in [-0.05, 0) is 100 Å². The Kier molecular flexibility index (Phi) is 19.5. The fourth-order valence-electron chi connectivity index (χ4n) is 8.33. The summed E-state index contributed by atoms with van der Waals surface area (Å²) in [4.78, 5) is 48.6. The number of rotatable bonds is 17. The molecule has 0 aliphatic carbocycles. The number of aromatic hydroxyl groups is 3. The van der Waals surface area contributed by atoms with Crippen molar-refractivity contribution < 1.29 is 29.6 Å². The largest absolute Gasteiger partial charge is 0.507 e. The minimum atomic E-state index is -0.415. The van der Waals surface area contributed by atoms with Crippen molar-refractivity contribution in [2.75, 3.05) is 13.1 Å². The Bertz CT molecular complexity index is 2650. The first-order valence-corrected chi connectivity index (χ1v) is 25.0. The Morgan fingerprint density at radius 3 is 1.30 bits per heavy atom. The number of ether oxygens (including phenoxy) is 1. The molecule has 0 bridgehead atoms. The van der Waals surface area contributed by atoms with Crippen molar-refractivity contribution in [2.24, 2.45) is 0 Å². The Hall–Kier alpha value is -6.30. The lowest BCUT2D eigenvalue weighted by Gasteiger charge is -2.28. The minimum absolute atomic E-state index is 0.0312. The number of nitrogens with zero attached hydrogens (tertiary/aromatic N) is 2. The fourth-order valence-corrected chi connectivity index (χ4v) is 8.33. The summed E-state index contributed by atoms with van der Waals surface area (Å²) < 4.78 is 9.43. The Morgan fingerprint density at radius 2 is 0.901 bits per heavy atom. The van der Waals surface area contributed by atoms with Gasteiger partial charge in [-0.1, -0.05) is 138 Å². The highest BCUT2D eigenvalue weighted by molar-refractivity contribution is 5.76. The monoisotopic (exact) mass is 975 g/mol. The normalized spacial score (nSPS) is 12.0. The zero-order chi connectivity index (χ0) is 53.1. The molecule has 3 aromatic carbocycles. The molecular formula is C59H82N4O8. The molecule has 2 heterocycles. The van der Waals surface area contributed by atoms with Gasteiger partial charge < -0.3 is 39.8 Å². The third-order valence-corrected chi connectivity index (χ3v) is 12.7. The maximum Gasteiger partial charge on any atom is 0.223 e. The van der Waals surface area contributed by atoms with Crippen molar-refractivity contribution in [3.05, 3.63) is 150 Å². The smallest absolute Gasteiger partial charge is 0.223 e. The fraction of sp³-hybridized carbons (Fsp3) is 0.492. The van der Waals surface area contributed by atoms with Gasteiger partial charge in [0.25, 0.3) is 0 Å². The lowest BCUT2D eigenvalue weighted by atomic mass is 9.78. The molecule has 71 heavy (non-hydrogen) atoms. The van der Waals surface area contributed by atoms with Gasteiger partial charge >= 0.3 is 0 Å². The van der Waals surface area contributed by atoms with E-state index in [2.05, 4.69) is 118 Å². The van der Waals surface area contributed by atoms with Crippen LogP contribution < -0.4 is 26.2 Å². The number of pyridine rings is 2. The molecule has 0 saturated carbocycles. The van der Waals surface area contributed by atoms with E-state index >= 15 is 0 Å². The van der Waals surface area contributed by atoms with Crippen LogP contribution in [-0.2, 0) is 63.8 Å². The number of amides is 2. The number of aromatic nitrogens is 2. The second kappa shape index (κ2) is 24.2. The molecular weight excluding hydrogens is 893 g/mol. The highest BCUT2D eigenvalue weighted by atomic mass is 16.5. The quantitative estimate of drug-likeness (QED) is 0.0573. The van der Waals surface area contributed by atoms with Crippen LogP contribution >= 0.6 is 0 Å². The van der Waals surface area contributed by atoms with Gasteiger partial charge in [0.1, 0.15) is 18.1 Å². The highest BCUT2D eigenvalue weighted by Crippen LogP contribution is 2.41. The summed E-state index contributed by atoms with van der Waals surface area (Å²) in [6.07, 6.45) is 7.10. The average Bonchev–Trinajstić information content (AvgIpc) is 3.27. The lowest BCUT2D eigenvalue weighted by molar-refractivity contribution is -0.122. The molecule has 5 rings (SSSR count). The number of carbonyl (C=O) groups is 2. The van der Waals surface area contributed by atoms with Crippen LogP contribution in [0.4, 0.5) is 0 Å². The molecule has 386 valence electrons. The third-order valence-electron chi connectivity index (χ3n) is 12.7. The second-order valence-electron chi connectivity index (χ2n) is 22.9. The van der Waals surface area contributed by atoms with Crippen LogP contribution in [-0.4, -0.2) is 49.4 Å². The van der Waals surface area contributed by atoms with Crippen LogP contribution in [0.25, 0.3) is 0 Å². The summed E-state index contributed by atoms with van der Waals surface area (Å²) in [5, 5.41) is 37.5. The Balaban J connectivity index is 0.000000315. The van der Waals surface area contributed by atoms with Crippen LogP contribution in [0.15, 0.2) is 88.7 Å². The first-order valence-electron chi connectivity index (χ1n) is 25.0. The molecule has 0 unspecified atom stereocenters. The molecule has 5 N–H and O–H groups in total. The molecule has 12 nitrogen and oxygen atoms in total. The highest BCUT2D eigenvalue weighted by Gasteiger charge is 2.28. The summed E-state index contributed by atoms with van der Waals surface area (Å²) >= 11 is 0. The van der Waals surface area contributed by atoms with Gasteiger partial charge in [-0.3, -0.25) is 19.2 Å². The topological polar surface area (TPSA) is 172 Å². The Morgan fingerprint density at radius 1 is 0.521 bits per heavy atom. The summed E-state index contributed by atoms with van der Waals surface area (Å²) in [5.74, 6) is 0.714. The van der Waals surface area contributed by atoms with Gasteiger partial charge in [0, 0.05) is 63.5 Å². The number of phenols is 2. The van der Waals surface area contributed by atoms with E-state index in [-0.39, 0.29) is 51.1 Å². The van der Waals surface area contributed by atoms with E-state index in [0.29, 0.717) is 67.8 Å². The van der Waals surface area contributed by atoms with Crippen molar-refractivity contribution >= 4 is 11.8 Å². The number of hydrogen-bond acceptors (Lipinski definition) is 8. The molecule has 0 spiro atoms. The Labute approximate surface area is 422 Å².